The molecule has 0 unspecified atom stereocenters. The second-order valence-electron chi connectivity index (χ2n) is 5.78. The number of hydrazone groups is 2. The van der Waals surface area contributed by atoms with Crippen LogP contribution in [0.5, 0.6) is 0 Å². The smallest absolute Gasteiger partial charge is 0.269 e. The van der Waals surface area contributed by atoms with E-state index in [0.717, 1.165) is 0 Å². The van der Waals surface area contributed by atoms with E-state index in [1.165, 1.54) is 61.0 Å². The second-order valence-corrected chi connectivity index (χ2v) is 5.78. The van der Waals surface area contributed by atoms with Gasteiger partial charge in [-0.3, -0.25) is 29.8 Å². The van der Waals surface area contributed by atoms with Crippen molar-refractivity contribution >= 4 is 35.6 Å². The zero-order chi connectivity index (χ0) is 21.9. The number of nitrogens with zero attached hydrogens (tertiary/aromatic N) is 4. The summed E-state index contributed by atoms with van der Waals surface area (Å²) in [6, 6.07) is 11.1. The maximum atomic E-state index is 11.7. The summed E-state index contributed by atoms with van der Waals surface area (Å²) in [5, 5.41) is 28.6. The molecule has 0 saturated carbocycles. The molecular formula is C18H16N6O6. The molecule has 0 aliphatic carbocycles. The number of nitrogens with one attached hydrogen (secondary N) is 2. The molecule has 0 aliphatic rings. The van der Waals surface area contributed by atoms with Crippen LogP contribution in [0.1, 0.15) is 24.0 Å². The highest BCUT2D eigenvalue weighted by molar-refractivity contribution is 5.86. The van der Waals surface area contributed by atoms with Crippen molar-refractivity contribution in [2.24, 2.45) is 10.2 Å². The highest BCUT2D eigenvalue weighted by atomic mass is 16.6. The Morgan fingerprint density at radius 2 is 1.07 bits per heavy atom. The molecule has 0 fully saturated rings. The Hall–Kier alpha value is -4.48. The summed E-state index contributed by atoms with van der Waals surface area (Å²) in [5.41, 5.74) is 5.48. The average molecular weight is 412 g/mol. The van der Waals surface area contributed by atoms with E-state index in [1.54, 1.807) is 0 Å². The standard InChI is InChI=1S/C18H16N6O6/c25-17(21-19-11-13-1-5-15(6-2-13)23(27)28)9-10-18(26)22-20-12-14-3-7-16(8-4-14)24(29)30/h1-8,11-12H,9-10H2,(H,21,25)(H,22,26)/b19-11-,20-12-. The van der Waals surface area contributed by atoms with Gasteiger partial charge in [-0.1, -0.05) is 0 Å². The molecule has 12 nitrogen and oxygen atoms in total. The van der Waals surface area contributed by atoms with Crippen molar-refractivity contribution < 1.29 is 19.4 Å². The number of amides is 2. The largest absolute Gasteiger partial charge is 0.273 e. The molecule has 0 bridgehead atoms. The molecule has 0 aromatic heterocycles. The fourth-order valence-corrected chi connectivity index (χ4v) is 2.06. The van der Waals surface area contributed by atoms with Gasteiger partial charge in [-0.25, -0.2) is 10.9 Å². The van der Waals surface area contributed by atoms with Gasteiger partial charge >= 0.3 is 0 Å². The monoisotopic (exact) mass is 412 g/mol. The molecule has 0 heterocycles. The van der Waals surface area contributed by atoms with Gasteiger partial charge in [-0.05, 0) is 35.4 Å². The van der Waals surface area contributed by atoms with Crippen molar-refractivity contribution in [3.63, 3.8) is 0 Å². The number of non-ortho nitro benzene ring substituents is 2. The highest BCUT2D eigenvalue weighted by Gasteiger charge is 2.06. The van der Waals surface area contributed by atoms with Crippen LogP contribution in [-0.2, 0) is 9.59 Å². The number of benzene rings is 2. The van der Waals surface area contributed by atoms with Crippen LogP contribution < -0.4 is 10.9 Å². The Bertz CT molecular complexity index is 904. The van der Waals surface area contributed by atoms with Crippen molar-refractivity contribution in [1.82, 2.24) is 10.9 Å². The first kappa shape index (κ1) is 21.8. The van der Waals surface area contributed by atoms with E-state index in [2.05, 4.69) is 21.1 Å². The van der Waals surface area contributed by atoms with Crippen LogP contribution in [0.4, 0.5) is 11.4 Å². The summed E-state index contributed by atoms with van der Waals surface area (Å²) in [5.74, 6) is -0.995. The molecule has 0 atom stereocenters. The summed E-state index contributed by atoms with van der Waals surface area (Å²) >= 11 is 0. The maximum absolute atomic E-state index is 11.7. The zero-order valence-electron chi connectivity index (χ0n) is 15.4. The summed E-state index contributed by atoms with van der Waals surface area (Å²) in [7, 11) is 0. The molecule has 2 aromatic rings. The number of hydrogen-bond acceptors (Lipinski definition) is 8. The lowest BCUT2D eigenvalue weighted by atomic mass is 10.2. The van der Waals surface area contributed by atoms with Crippen LogP contribution in [-0.4, -0.2) is 34.1 Å². The summed E-state index contributed by atoms with van der Waals surface area (Å²) < 4.78 is 0. The highest BCUT2D eigenvalue weighted by Crippen LogP contribution is 2.11. The molecule has 12 heteroatoms. The first-order chi connectivity index (χ1) is 14.3. The molecular weight excluding hydrogens is 396 g/mol. The second kappa shape index (κ2) is 10.8. The SMILES string of the molecule is O=C(CCC(=O)N/N=C\c1ccc([N+](=O)[O-])cc1)N/N=C\c1ccc([N+](=O)[O-])cc1. The Morgan fingerprint density at radius 3 is 1.37 bits per heavy atom. The molecule has 0 spiro atoms. The van der Waals surface area contributed by atoms with E-state index in [-0.39, 0.29) is 24.2 Å². The van der Waals surface area contributed by atoms with Crippen LogP contribution in [0.15, 0.2) is 58.7 Å². The predicted octanol–water partition coefficient (Wildman–Crippen LogP) is 1.88. The molecule has 0 saturated heterocycles. The third-order valence-corrected chi connectivity index (χ3v) is 3.59. The van der Waals surface area contributed by atoms with Gasteiger partial charge in [0, 0.05) is 37.1 Å². The third-order valence-electron chi connectivity index (χ3n) is 3.59. The van der Waals surface area contributed by atoms with Gasteiger partial charge in [0.15, 0.2) is 0 Å². The predicted molar refractivity (Wildman–Crippen MR) is 107 cm³/mol. The van der Waals surface area contributed by atoms with Crippen molar-refractivity contribution in [2.45, 2.75) is 12.8 Å². The Labute approximate surface area is 169 Å². The van der Waals surface area contributed by atoms with Crippen LogP contribution in [0.2, 0.25) is 0 Å². The normalized spacial score (nSPS) is 10.8. The molecule has 2 amide bonds. The Balaban J connectivity index is 1.70. The Morgan fingerprint density at radius 1 is 0.733 bits per heavy atom. The van der Waals surface area contributed by atoms with Crippen LogP contribution in [0.25, 0.3) is 0 Å². The zero-order valence-corrected chi connectivity index (χ0v) is 15.4. The third kappa shape index (κ3) is 7.26. The minimum atomic E-state index is -0.524. The van der Waals surface area contributed by atoms with E-state index in [9.17, 15) is 29.8 Å². The van der Waals surface area contributed by atoms with Crippen LogP contribution in [0, 0.1) is 20.2 Å². The average Bonchev–Trinajstić information content (AvgIpc) is 2.73. The van der Waals surface area contributed by atoms with E-state index in [4.69, 9.17) is 0 Å². The number of rotatable bonds is 9. The quantitative estimate of drug-likeness (QED) is 0.362. The molecule has 30 heavy (non-hydrogen) atoms. The number of carbonyl (C=O) groups excluding carboxylic acids is 2. The first-order valence-corrected chi connectivity index (χ1v) is 8.48. The van der Waals surface area contributed by atoms with E-state index in [1.807, 2.05) is 0 Å². The lowest BCUT2D eigenvalue weighted by Crippen LogP contribution is -2.22. The maximum Gasteiger partial charge on any atom is 0.269 e. The van der Waals surface area contributed by atoms with Gasteiger partial charge in [0.2, 0.25) is 11.8 Å². The lowest BCUT2D eigenvalue weighted by Gasteiger charge is -2.00. The molecule has 2 aromatic carbocycles. The number of hydrogen-bond donors (Lipinski definition) is 2. The molecule has 2 rings (SSSR count). The number of carbonyl (C=O) groups is 2. The molecule has 2 N–H and O–H groups in total. The topological polar surface area (TPSA) is 169 Å². The molecule has 154 valence electrons. The minimum absolute atomic E-state index is 0.0570. The van der Waals surface area contributed by atoms with Crippen molar-refractivity contribution in [3.8, 4) is 0 Å². The van der Waals surface area contributed by atoms with Crippen molar-refractivity contribution in [1.29, 1.82) is 0 Å². The van der Waals surface area contributed by atoms with Gasteiger partial charge in [-0.2, -0.15) is 10.2 Å². The van der Waals surface area contributed by atoms with Gasteiger partial charge in [0.05, 0.1) is 22.3 Å². The first-order valence-electron chi connectivity index (χ1n) is 8.48. The summed E-state index contributed by atoms with van der Waals surface area (Å²) in [6.07, 6.45) is 2.37. The number of nitro benzene ring substituents is 2. The molecule has 0 aliphatic heterocycles. The van der Waals surface area contributed by atoms with E-state index >= 15 is 0 Å². The minimum Gasteiger partial charge on any atom is -0.273 e. The van der Waals surface area contributed by atoms with Crippen molar-refractivity contribution in [2.75, 3.05) is 0 Å². The van der Waals surface area contributed by atoms with Gasteiger partial charge in [0.25, 0.3) is 11.4 Å². The fraction of sp³-hybridized carbons (Fsp3) is 0.111. The lowest BCUT2D eigenvalue weighted by molar-refractivity contribution is -0.385. The summed E-state index contributed by atoms with van der Waals surface area (Å²) in [6.45, 7) is 0. The van der Waals surface area contributed by atoms with Crippen molar-refractivity contribution in [3.05, 3.63) is 79.9 Å². The molecule has 0 radical (unpaired) electrons. The van der Waals surface area contributed by atoms with Gasteiger partial charge in [0.1, 0.15) is 0 Å². The van der Waals surface area contributed by atoms with Gasteiger partial charge < -0.3 is 0 Å². The van der Waals surface area contributed by atoms with E-state index in [0.29, 0.717) is 11.1 Å². The van der Waals surface area contributed by atoms with Crippen LogP contribution in [0.3, 0.4) is 0 Å². The van der Waals surface area contributed by atoms with E-state index < -0.39 is 21.7 Å². The van der Waals surface area contributed by atoms with Gasteiger partial charge in [-0.15, -0.1) is 0 Å². The van der Waals surface area contributed by atoms with Crippen LogP contribution >= 0.6 is 0 Å². The Kier molecular flexibility index (Phi) is 7.82. The number of nitro groups is 2. The fourth-order valence-electron chi connectivity index (χ4n) is 2.06. The summed E-state index contributed by atoms with van der Waals surface area (Å²) in [4.78, 5) is 43.4.